The van der Waals surface area contributed by atoms with E-state index < -0.39 is 10.8 Å². The maximum atomic E-state index is 12.4. The van der Waals surface area contributed by atoms with Crippen LogP contribution < -0.4 is 14.8 Å². The lowest BCUT2D eigenvalue weighted by Gasteiger charge is -2.16. The molecule has 0 spiro atoms. The Morgan fingerprint density at radius 3 is 2.56 bits per heavy atom. The zero-order chi connectivity index (χ0) is 18.8. The highest BCUT2D eigenvalue weighted by molar-refractivity contribution is 5.99. The van der Waals surface area contributed by atoms with Gasteiger partial charge in [0.25, 0.3) is 11.6 Å². The van der Waals surface area contributed by atoms with E-state index in [2.05, 4.69) is 5.32 Å². The summed E-state index contributed by atoms with van der Waals surface area (Å²) in [5.74, 6) is -0.0298. The Balaban J connectivity index is 2.88. The normalized spacial score (nSPS) is 10.6. The molecule has 0 saturated carbocycles. The van der Waals surface area contributed by atoms with E-state index in [0.29, 0.717) is 26.3 Å². The number of benzene rings is 1. The number of hydrogen-bond acceptors (Lipinski definition) is 7. The average Bonchev–Trinajstić information content (AvgIpc) is 2.59. The minimum atomic E-state index is -0.613. The lowest BCUT2D eigenvalue weighted by molar-refractivity contribution is -0.385. The highest BCUT2D eigenvalue weighted by atomic mass is 16.6. The molecule has 9 heteroatoms. The summed E-state index contributed by atoms with van der Waals surface area (Å²) in [5.41, 5.74) is -0.390. The molecule has 0 bridgehead atoms. The number of nitro groups is 1. The van der Waals surface area contributed by atoms with Gasteiger partial charge in [-0.25, -0.2) is 0 Å². The Hall–Kier alpha value is -2.39. The summed E-state index contributed by atoms with van der Waals surface area (Å²) in [6.45, 7) is 4.38. The van der Waals surface area contributed by atoms with Gasteiger partial charge in [-0.05, 0) is 14.0 Å². The van der Waals surface area contributed by atoms with Crippen molar-refractivity contribution >= 4 is 11.6 Å². The highest BCUT2D eigenvalue weighted by Crippen LogP contribution is 2.34. The number of rotatable bonds is 11. The quantitative estimate of drug-likeness (QED) is 0.471. The van der Waals surface area contributed by atoms with Crippen LogP contribution in [0.3, 0.4) is 0 Å². The van der Waals surface area contributed by atoms with Crippen LogP contribution in [0.5, 0.6) is 11.5 Å². The number of carbonyl (C=O) groups excluding carboxylic acids is 1. The lowest BCUT2D eigenvalue weighted by Crippen LogP contribution is -2.34. The molecule has 0 heterocycles. The van der Waals surface area contributed by atoms with Crippen molar-refractivity contribution in [2.75, 3.05) is 54.1 Å². The van der Waals surface area contributed by atoms with Crippen LogP contribution in [0.4, 0.5) is 5.69 Å². The van der Waals surface area contributed by atoms with Gasteiger partial charge in [0.1, 0.15) is 5.56 Å². The van der Waals surface area contributed by atoms with Gasteiger partial charge in [0.2, 0.25) is 0 Å². The molecule has 0 fully saturated rings. The Bertz CT molecular complexity index is 593. The summed E-state index contributed by atoms with van der Waals surface area (Å²) < 4.78 is 15.5. The van der Waals surface area contributed by atoms with Crippen LogP contribution in [-0.2, 0) is 4.74 Å². The molecular formula is C16H25N3O6. The van der Waals surface area contributed by atoms with Gasteiger partial charge in [0.15, 0.2) is 11.5 Å². The fraction of sp³-hybridized carbons (Fsp3) is 0.562. The Morgan fingerprint density at radius 2 is 2.00 bits per heavy atom. The number of amides is 1. The van der Waals surface area contributed by atoms with Crippen LogP contribution in [0.1, 0.15) is 17.3 Å². The van der Waals surface area contributed by atoms with Crippen molar-refractivity contribution in [3.05, 3.63) is 27.8 Å². The SMILES string of the molecule is CCOc1cc(C(=O)NCCN(C)CCOC)c([N+](=O)[O-])cc1OC. The molecule has 0 aliphatic rings. The minimum Gasteiger partial charge on any atom is -0.493 e. The number of hydrogen-bond donors (Lipinski definition) is 1. The Kier molecular flexibility index (Phi) is 8.65. The molecular weight excluding hydrogens is 330 g/mol. The standard InChI is InChI=1S/C16H25N3O6/c1-5-25-15-10-12(13(19(21)22)11-14(15)24-4)16(20)17-6-7-18(2)8-9-23-3/h10-11H,5-9H2,1-4H3,(H,17,20). The molecule has 0 saturated heterocycles. The first-order valence-electron chi connectivity index (χ1n) is 7.89. The van der Waals surface area contributed by atoms with Crippen molar-refractivity contribution in [1.29, 1.82) is 0 Å². The van der Waals surface area contributed by atoms with E-state index >= 15 is 0 Å². The van der Waals surface area contributed by atoms with Crippen LogP contribution in [0.25, 0.3) is 0 Å². The lowest BCUT2D eigenvalue weighted by atomic mass is 10.1. The number of ether oxygens (including phenoxy) is 3. The Morgan fingerprint density at radius 1 is 1.28 bits per heavy atom. The van der Waals surface area contributed by atoms with Crippen LogP contribution in [0, 0.1) is 10.1 Å². The Labute approximate surface area is 147 Å². The smallest absolute Gasteiger partial charge is 0.286 e. The second-order valence-corrected chi connectivity index (χ2v) is 5.26. The molecule has 0 aliphatic carbocycles. The average molecular weight is 355 g/mol. The molecule has 25 heavy (non-hydrogen) atoms. The number of methoxy groups -OCH3 is 2. The molecule has 140 valence electrons. The molecule has 1 rings (SSSR count). The molecule has 0 radical (unpaired) electrons. The zero-order valence-electron chi connectivity index (χ0n) is 15.0. The van der Waals surface area contributed by atoms with Gasteiger partial charge in [0.05, 0.1) is 31.3 Å². The summed E-state index contributed by atoms with van der Waals surface area (Å²) in [5, 5.41) is 14.0. The summed E-state index contributed by atoms with van der Waals surface area (Å²) in [6, 6.07) is 2.54. The van der Waals surface area contributed by atoms with E-state index in [4.69, 9.17) is 14.2 Å². The first kappa shape index (κ1) is 20.7. The van der Waals surface area contributed by atoms with Crippen molar-refractivity contribution in [2.24, 2.45) is 0 Å². The van der Waals surface area contributed by atoms with E-state index in [1.807, 2.05) is 11.9 Å². The third-order valence-corrected chi connectivity index (χ3v) is 3.48. The number of likely N-dealkylation sites (N-methyl/N-ethyl adjacent to an activating group) is 1. The summed E-state index contributed by atoms with van der Waals surface area (Å²) in [6.07, 6.45) is 0. The van der Waals surface area contributed by atoms with Gasteiger partial charge in [-0.3, -0.25) is 14.9 Å². The van der Waals surface area contributed by atoms with Crippen LogP contribution in [0.2, 0.25) is 0 Å². The maximum absolute atomic E-state index is 12.4. The fourth-order valence-corrected chi connectivity index (χ4v) is 2.12. The van der Waals surface area contributed by atoms with Crippen LogP contribution >= 0.6 is 0 Å². The molecule has 9 nitrogen and oxygen atoms in total. The predicted molar refractivity (Wildman–Crippen MR) is 92.5 cm³/mol. The van der Waals surface area contributed by atoms with Crippen molar-refractivity contribution in [2.45, 2.75) is 6.92 Å². The summed E-state index contributed by atoms with van der Waals surface area (Å²) >= 11 is 0. The second-order valence-electron chi connectivity index (χ2n) is 5.26. The van der Waals surface area contributed by atoms with Gasteiger partial charge in [0, 0.05) is 32.8 Å². The van der Waals surface area contributed by atoms with Crippen LogP contribution in [0.15, 0.2) is 12.1 Å². The number of nitrogens with zero attached hydrogens (tertiary/aromatic N) is 2. The largest absolute Gasteiger partial charge is 0.493 e. The monoisotopic (exact) mass is 355 g/mol. The minimum absolute atomic E-state index is 0.0613. The molecule has 0 aliphatic heterocycles. The maximum Gasteiger partial charge on any atom is 0.286 e. The van der Waals surface area contributed by atoms with Crippen LogP contribution in [-0.4, -0.2) is 69.8 Å². The second kappa shape index (κ2) is 10.5. The van der Waals surface area contributed by atoms with E-state index in [-0.39, 0.29) is 22.7 Å². The molecule has 0 atom stereocenters. The fourth-order valence-electron chi connectivity index (χ4n) is 2.12. The number of nitro benzene ring substituents is 1. The molecule has 0 unspecified atom stereocenters. The van der Waals surface area contributed by atoms with E-state index in [1.165, 1.54) is 19.2 Å². The van der Waals surface area contributed by atoms with Gasteiger partial charge < -0.3 is 24.4 Å². The first-order chi connectivity index (χ1) is 11.9. The van der Waals surface area contributed by atoms with Crippen molar-refractivity contribution in [3.63, 3.8) is 0 Å². The molecule has 1 amide bonds. The van der Waals surface area contributed by atoms with Crippen molar-refractivity contribution in [3.8, 4) is 11.5 Å². The van der Waals surface area contributed by atoms with E-state index in [0.717, 1.165) is 6.54 Å². The number of nitrogens with one attached hydrogen (secondary N) is 1. The molecule has 1 aromatic rings. The van der Waals surface area contributed by atoms with Gasteiger partial charge >= 0.3 is 0 Å². The topological polar surface area (TPSA) is 103 Å². The van der Waals surface area contributed by atoms with Crippen molar-refractivity contribution < 1.29 is 23.9 Å². The number of carbonyl (C=O) groups is 1. The molecule has 1 aromatic carbocycles. The molecule has 0 aromatic heterocycles. The third kappa shape index (κ3) is 6.20. The zero-order valence-corrected chi connectivity index (χ0v) is 15.0. The molecule has 1 N–H and O–H groups in total. The van der Waals surface area contributed by atoms with Gasteiger partial charge in [-0.2, -0.15) is 0 Å². The third-order valence-electron chi connectivity index (χ3n) is 3.48. The van der Waals surface area contributed by atoms with E-state index in [9.17, 15) is 14.9 Å². The summed E-state index contributed by atoms with van der Waals surface area (Å²) in [4.78, 5) is 25.0. The highest BCUT2D eigenvalue weighted by Gasteiger charge is 2.24. The summed E-state index contributed by atoms with van der Waals surface area (Å²) in [7, 11) is 4.90. The van der Waals surface area contributed by atoms with E-state index in [1.54, 1.807) is 14.0 Å². The van der Waals surface area contributed by atoms with Crippen molar-refractivity contribution in [1.82, 2.24) is 10.2 Å². The van der Waals surface area contributed by atoms with Gasteiger partial charge in [-0.15, -0.1) is 0 Å². The predicted octanol–water partition coefficient (Wildman–Crippen LogP) is 1.31. The van der Waals surface area contributed by atoms with Gasteiger partial charge in [-0.1, -0.05) is 0 Å². The first-order valence-corrected chi connectivity index (χ1v) is 7.89.